The topological polar surface area (TPSA) is 58.6 Å². The van der Waals surface area contributed by atoms with Crippen LogP contribution in [-0.4, -0.2) is 43.0 Å². The van der Waals surface area contributed by atoms with Crippen molar-refractivity contribution in [2.75, 3.05) is 26.3 Å². The molecule has 148 valence electrons. The Morgan fingerprint density at radius 2 is 1.79 bits per heavy atom. The van der Waals surface area contributed by atoms with Crippen molar-refractivity contribution in [2.45, 2.75) is 25.8 Å². The van der Waals surface area contributed by atoms with Crippen LogP contribution in [0.4, 0.5) is 4.39 Å². The van der Waals surface area contributed by atoms with Crippen LogP contribution < -0.4 is 5.32 Å². The van der Waals surface area contributed by atoms with Gasteiger partial charge in [-0.25, -0.2) is 4.39 Å². The second-order valence-corrected chi connectivity index (χ2v) is 6.87. The summed E-state index contributed by atoms with van der Waals surface area (Å²) in [4.78, 5) is 25.8. The average molecular weight is 384 g/mol. The predicted molar refractivity (Wildman–Crippen MR) is 104 cm³/mol. The van der Waals surface area contributed by atoms with Crippen molar-refractivity contribution in [1.82, 2.24) is 10.2 Å². The summed E-state index contributed by atoms with van der Waals surface area (Å²) < 4.78 is 18.8. The highest BCUT2D eigenvalue weighted by Gasteiger charge is 2.20. The van der Waals surface area contributed by atoms with Crippen LogP contribution in [0.2, 0.25) is 0 Å². The van der Waals surface area contributed by atoms with E-state index >= 15 is 0 Å². The van der Waals surface area contributed by atoms with Crippen LogP contribution in [0.15, 0.2) is 48.5 Å². The molecule has 0 unspecified atom stereocenters. The molecule has 6 heteroatoms. The standard InChI is InChI=1S/C22H25FN2O3/c23-20-10-4-3-7-18(20)9-5-12-24-21(26)15-28-16-22(27)25-13-11-17-6-1-2-8-19(17)14-25/h1-4,6-8,10H,5,9,11-16H2,(H,24,26). The summed E-state index contributed by atoms with van der Waals surface area (Å²) in [5, 5.41) is 2.73. The van der Waals surface area contributed by atoms with Gasteiger partial charge in [-0.1, -0.05) is 42.5 Å². The first-order chi connectivity index (χ1) is 13.6. The molecule has 1 aliphatic rings. The summed E-state index contributed by atoms with van der Waals surface area (Å²) in [5.41, 5.74) is 3.08. The van der Waals surface area contributed by atoms with Crippen LogP contribution >= 0.6 is 0 Å². The highest BCUT2D eigenvalue weighted by molar-refractivity contribution is 5.79. The van der Waals surface area contributed by atoms with Gasteiger partial charge in [-0.15, -0.1) is 0 Å². The molecule has 2 aromatic rings. The van der Waals surface area contributed by atoms with Crippen molar-refractivity contribution in [3.05, 3.63) is 71.0 Å². The maximum absolute atomic E-state index is 13.5. The predicted octanol–water partition coefficient (Wildman–Crippen LogP) is 2.48. The Labute approximate surface area is 164 Å². The molecule has 2 aromatic carbocycles. The first kappa shape index (κ1) is 20.0. The Bertz CT molecular complexity index is 825. The van der Waals surface area contributed by atoms with Crippen LogP contribution in [0.3, 0.4) is 0 Å². The normalized spacial score (nSPS) is 13.1. The Morgan fingerprint density at radius 1 is 1.04 bits per heavy atom. The SMILES string of the molecule is O=C(COCC(=O)N1CCc2ccccc2C1)NCCCc1ccccc1F. The van der Waals surface area contributed by atoms with Gasteiger partial charge in [0.1, 0.15) is 19.0 Å². The number of hydrogen-bond donors (Lipinski definition) is 1. The van der Waals surface area contributed by atoms with Gasteiger partial charge in [0.2, 0.25) is 11.8 Å². The summed E-state index contributed by atoms with van der Waals surface area (Å²) in [7, 11) is 0. The molecule has 0 aromatic heterocycles. The zero-order valence-corrected chi connectivity index (χ0v) is 15.8. The largest absolute Gasteiger partial charge is 0.362 e. The summed E-state index contributed by atoms with van der Waals surface area (Å²) in [6.45, 7) is 1.43. The molecular formula is C22H25FN2O3. The van der Waals surface area contributed by atoms with Gasteiger partial charge in [-0.2, -0.15) is 0 Å². The Kier molecular flexibility index (Phi) is 7.14. The minimum atomic E-state index is -0.273. The lowest BCUT2D eigenvalue weighted by Crippen LogP contribution is -2.39. The van der Waals surface area contributed by atoms with E-state index in [1.165, 1.54) is 11.6 Å². The van der Waals surface area contributed by atoms with Gasteiger partial charge < -0.3 is 15.0 Å². The van der Waals surface area contributed by atoms with E-state index in [1.54, 1.807) is 23.1 Å². The van der Waals surface area contributed by atoms with Crippen LogP contribution in [-0.2, 0) is 33.7 Å². The van der Waals surface area contributed by atoms with E-state index in [0.717, 1.165) is 12.0 Å². The fraction of sp³-hybridized carbons (Fsp3) is 0.364. The number of amides is 2. The van der Waals surface area contributed by atoms with Crippen LogP contribution in [0, 0.1) is 5.82 Å². The molecule has 1 N–H and O–H groups in total. The van der Waals surface area contributed by atoms with Gasteiger partial charge in [0.15, 0.2) is 0 Å². The Hall–Kier alpha value is -2.73. The molecule has 0 radical (unpaired) electrons. The fourth-order valence-corrected chi connectivity index (χ4v) is 3.29. The third-order valence-corrected chi connectivity index (χ3v) is 4.84. The highest BCUT2D eigenvalue weighted by Crippen LogP contribution is 2.18. The molecule has 3 rings (SSSR count). The van der Waals surface area contributed by atoms with Gasteiger partial charge in [0.25, 0.3) is 0 Å². The fourth-order valence-electron chi connectivity index (χ4n) is 3.29. The number of carbonyl (C=O) groups excluding carboxylic acids is 2. The summed E-state index contributed by atoms with van der Waals surface area (Å²) in [6.07, 6.45) is 2.03. The van der Waals surface area contributed by atoms with Crippen molar-refractivity contribution in [2.24, 2.45) is 0 Å². The second kappa shape index (κ2) is 9.99. The molecule has 0 saturated carbocycles. The zero-order chi connectivity index (χ0) is 19.8. The summed E-state index contributed by atoms with van der Waals surface area (Å²) >= 11 is 0. The molecule has 1 aliphatic heterocycles. The first-order valence-corrected chi connectivity index (χ1v) is 9.56. The maximum Gasteiger partial charge on any atom is 0.248 e. The number of aryl methyl sites for hydroxylation is 1. The number of hydrogen-bond acceptors (Lipinski definition) is 3. The summed E-state index contributed by atoms with van der Waals surface area (Å²) in [5.74, 6) is -0.608. The molecule has 5 nitrogen and oxygen atoms in total. The quantitative estimate of drug-likeness (QED) is 0.712. The van der Waals surface area contributed by atoms with Gasteiger partial charge in [0, 0.05) is 19.6 Å². The van der Waals surface area contributed by atoms with Crippen molar-refractivity contribution in [1.29, 1.82) is 0 Å². The lowest BCUT2D eigenvalue weighted by molar-refractivity contribution is -0.139. The van der Waals surface area contributed by atoms with Crippen molar-refractivity contribution >= 4 is 11.8 Å². The van der Waals surface area contributed by atoms with Gasteiger partial charge >= 0.3 is 0 Å². The van der Waals surface area contributed by atoms with E-state index in [4.69, 9.17) is 4.74 Å². The first-order valence-electron chi connectivity index (χ1n) is 9.56. The van der Waals surface area contributed by atoms with Crippen molar-refractivity contribution < 1.29 is 18.7 Å². The third kappa shape index (κ3) is 5.63. The van der Waals surface area contributed by atoms with E-state index in [2.05, 4.69) is 11.4 Å². The van der Waals surface area contributed by atoms with E-state index in [1.807, 2.05) is 18.2 Å². The number of benzene rings is 2. The monoisotopic (exact) mass is 384 g/mol. The number of ether oxygens (including phenoxy) is 1. The molecule has 0 atom stereocenters. The minimum absolute atomic E-state index is 0.106. The van der Waals surface area contributed by atoms with Crippen molar-refractivity contribution in [3.63, 3.8) is 0 Å². The maximum atomic E-state index is 13.5. The van der Waals surface area contributed by atoms with E-state index in [9.17, 15) is 14.0 Å². The minimum Gasteiger partial charge on any atom is -0.362 e. The molecule has 0 saturated heterocycles. The zero-order valence-electron chi connectivity index (χ0n) is 15.8. The number of nitrogens with zero attached hydrogens (tertiary/aromatic N) is 1. The Morgan fingerprint density at radius 3 is 2.61 bits per heavy atom. The molecule has 0 spiro atoms. The Balaban J connectivity index is 1.30. The van der Waals surface area contributed by atoms with Crippen LogP contribution in [0.5, 0.6) is 0 Å². The van der Waals surface area contributed by atoms with Gasteiger partial charge in [-0.3, -0.25) is 9.59 Å². The molecule has 28 heavy (non-hydrogen) atoms. The molecule has 1 heterocycles. The number of rotatable bonds is 8. The molecule has 0 fully saturated rings. The summed E-state index contributed by atoms with van der Waals surface area (Å²) in [6, 6.07) is 14.7. The number of fused-ring (bicyclic) bond motifs is 1. The number of nitrogens with one attached hydrogen (secondary N) is 1. The van der Waals surface area contributed by atoms with Crippen LogP contribution in [0.25, 0.3) is 0 Å². The van der Waals surface area contributed by atoms with E-state index in [0.29, 0.717) is 38.0 Å². The van der Waals surface area contributed by atoms with E-state index < -0.39 is 0 Å². The smallest absolute Gasteiger partial charge is 0.248 e. The molecular weight excluding hydrogens is 359 g/mol. The van der Waals surface area contributed by atoms with E-state index in [-0.39, 0.29) is 30.8 Å². The molecule has 2 amide bonds. The second-order valence-electron chi connectivity index (χ2n) is 6.87. The third-order valence-electron chi connectivity index (χ3n) is 4.84. The lowest BCUT2D eigenvalue weighted by atomic mass is 10.00. The highest BCUT2D eigenvalue weighted by atomic mass is 19.1. The lowest BCUT2D eigenvalue weighted by Gasteiger charge is -2.28. The number of carbonyl (C=O) groups is 2. The molecule has 0 aliphatic carbocycles. The van der Waals surface area contributed by atoms with Crippen molar-refractivity contribution in [3.8, 4) is 0 Å². The van der Waals surface area contributed by atoms with Gasteiger partial charge in [0.05, 0.1) is 0 Å². The van der Waals surface area contributed by atoms with Crippen LogP contribution in [0.1, 0.15) is 23.1 Å². The van der Waals surface area contributed by atoms with Gasteiger partial charge in [-0.05, 0) is 42.0 Å². The number of halogens is 1. The molecule has 0 bridgehead atoms. The average Bonchev–Trinajstić information content (AvgIpc) is 2.72.